The van der Waals surface area contributed by atoms with Gasteiger partial charge in [-0.25, -0.2) is 4.79 Å². The molecule has 0 bridgehead atoms. The Bertz CT molecular complexity index is 323. The Morgan fingerprint density at radius 3 is 2.75 bits per heavy atom. The molecular formula is C15H29N3O2. The largest absolute Gasteiger partial charge is 0.373 e. The minimum absolute atomic E-state index is 0.00928. The molecular weight excluding hydrogens is 254 g/mol. The maximum Gasteiger partial charge on any atom is 0.317 e. The van der Waals surface area contributed by atoms with E-state index in [0.29, 0.717) is 37.6 Å². The number of carbonyl (C=O) groups is 1. The van der Waals surface area contributed by atoms with E-state index in [4.69, 9.17) is 10.5 Å². The number of urea groups is 1. The Morgan fingerprint density at radius 2 is 2.10 bits per heavy atom. The van der Waals surface area contributed by atoms with Crippen molar-refractivity contribution >= 4 is 6.03 Å². The average molecular weight is 283 g/mol. The van der Waals surface area contributed by atoms with Gasteiger partial charge in [0.2, 0.25) is 0 Å². The number of nitrogens with one attached hydrogen (secondary N) is 1. The van der Waals surface area contributed by atoms with Crippen molar-refractivity contribution in [2.24, 2.45) is 17.1 Å². The molecule has 0 spiro atoms. The normalized spacial score (nSPS) is 27.4. The summed E-state index contributed by atoms with van der Waals surface area (Å²) in [5.41, 5.74) is 6.08. The molecule has 1 saturated carbocycles. The van der Waals surface area contributed by atoms with E-state index in [-0.39, 0.29) is 12.1 Å². The van der Waals surface area contributed by atoms with Crippen LogP contribution in [0.3, 0.4) is 0 Å². The maximum atomic E-state index is 12.1. The number of morpholine rings is 1. The van der Waals surface area contributed by atoms with Gasteiger partial charge in [-0.3, -0.25) is 0 Å². The van der Waals surface area contributed by atoms with Crippen LogP contribution >= 0.6 is 0 Å². The van der Waals surface area contributed by atoms with E-state index in [9.17, 15) is 4.79 Å². The van der Waals surface area contributed by atoms with Crippen LogP contribution in [-0.2, 0) is 4.74 Å². The number of carbonyl (C=O) groups excluding carboxylic acids is 1. The fourth-order valence-corrected chi connectivity index (χ4v) is 3.05. The summed E-state index contributed by atoms with van der Waals surface area (Å²) in [6.45, 7) is 7.82. The molecule has 2 rings (SSSR count). The Balaban J connectivity index is 1.70. The number of rotatable bonds is 3. The van der Waals surface area contributed by atoms with Crippen molar-refractivity contribution in [1.82, 2.24) is 10.2 Å². The second kappa shape index (κ2) is 6.76. The lowest BCUT2D eigenvalue weighted by Gasteiger charge is -2.35. The maximum absolute atomic E-state index is 12.1. The molecule has 0 aromatic heterocycles. The van der Waals surface area contributed by atoms with Crippen molar-refractivity contribution in [3.8, 4) is 0 Å². The van der Waals surface area contributed by atoms with Gasteiger partial charge in [0.1, 0.15) is 0 Å². The van der Waals surface area contributed by atoms with Crippen LogP contribution in [0.15, 0.2) is 0 Å². The van der Waals surface area contributed by atoms with E-state index in [1.54, 1.807) is 0 Å². The van der Waals surface area contributed by atoms with Crippen molar-refractivity contribution in [1.29, 1.82) is 0 Å². The molecule has 0 radical (unpaired) electrons. The van der Waals surface area contributed by atoms with Gasteiger partial charge in [0, 0.05) is 26.2 Å². The second-order valence-electron chi connectivity index (χ2n) is 6.97. The Morgan fingerprint density at radius 1 is 1.40 bits per heavy atom. The van der Waals surface area contributed by atoms with Gasteiger partial charge in [-0.2, -0.15) is 0 Å². The zero-order chi connectivity index (χ0) is 14.6. The van der Waals surface area contributed by atoms with Crippen molar-refractivity contribution in [3.05, 3.63) is 0 Å². The molecule has 0 aromatic carbocycles. The molecule has 1 saturated heterocycles. The van der Waals surface area contributed by atoms with Crippen molar-refractivity contribution < 1.29 is 9.53 Å². The van der Waals surface area contributed by atoms with Crippen LogP contribution in [0.5, 0.6) is 0 Å². The highest BCUT2D eigenvalue weighted by Gasteiger charge is 2.28. The van der Waals surface area contributed by atoms with Crippen molar-refractivity contribution in [3.63, 3.8) is 0 Å². The molecule has 1 heterocycles. The molecule has 0 aromatic rings. The van der Waals surface area contributed by atoms with E-state index in [2.05, 4.69) is 19.2 Å². The van der Waals surface area contributed by atoms with Gasteiger partial charge in [0.25, 0.3) is 0 Å². The molecule has 2 aliphatic rings. The summed E-state index contributed by atoms with van der Waals surface area (Å²) in [7, 11) is 0. The molecule has 5 nitrogen and oxygen atoms in total. The van der Waals surface area contributed by atoms with Gasteiger partial charge in [-0.05, 0) is 37.0 Å². The molecule has 2 fully saturated rings. The van der Waals surface area contributed by atoms with Gasteiger partial charge in [0.05, 0.1) is 12.7 Å². The summed E-state index contributed by atoms with van der Waals surface area (Å²) in [5.74, 6) is 0.637. The van der Waals surface area contributed by atoms with E-state index in [1.165, 1.54) is 25.7 Å². The first-order valence-corrected chi connectivity index (χ1v) is 7.84. The van der Waals surface area contributed by atoms with Crippen LogP contribution < -0.4 is 11.1 Å². The van der Waals surface area contributed by atoms with Crippen LogP contribution in [0.2, 0.25) is 0 Å². The first-order valence-electron chi connectivity index (χ1n) is 7.84. The van der Waals surface area contributed by atoms with Crippen molar-refractivity contribution in [2.75, 3.05) is 32.8 Å². The van der Waals surface area contributed by atoms with E-state index in [1.807, 2.05) is 4.90 Å². The molecule has 1 aliphatic carbocycles. The van der Waals surface area contributed by atoms with E-state index in [0.717, 1.165) is 6.54 Å². The minimum Gasteiger partial charge on any atom is -0.373 e. The fourth-order valence-electron chi connectivity index (χ4n) is 3.05. The highest BCUT2D eigenvalue weighted by Crippen LogP contribution is 2.37. The lowest BCUT2D eigenvalue weighted by atomic mass is 9.73. The predicted molar refractivity (Wildman–Crippen MR) is 79.5 cm³/mol. The SMILES string of the molecule is CC1(C)CCC(CNC(=O)N2CCOC(CN)C2)CC1. The molecule has 5 heteroatoms. The smallest absolute Gasteiger partial charge is 0.317 e. The average Bonchev–Trinajstić information content (AvgIpc) is 2.46. The number of ether oxygens (including phenoxy) is 1. The number of nitrogens with two attached hydrogens (primary N) is 1. The molecule has 20 heavy (non-hydrogen) atoms. The lowest BCUT2D eigenvalue weighted by molar-refractivity contribution is -0.00879. The summed E-state index contributed by atoms with van der Waals surface area (Å²) in [6, 6.07) is 0.0385. The molecule has 116 valence electrons. The topological polar surface area (TPSA) is 67.6 Å². The van der Waals surface area contributed by atoms with Crippen LogP contribution in [-0.4, -0.2) is 49.8 Å². The number of hydrogen-bond acceptors (Lipinski definition) is 3. The third-order valence-corrected chi connectivity index (χ3v) is 4.69. The quantitative estimate of drug-likeness (QED) is 0.826. The number of nitrogens with zero attached hydrogens (tertiary/aromatic N) is 1. The van der Waals surface area contributed by atoms with Gasteiger partial charge in [-0.15, -0.1) is 0 Å². The van der Waals surface area contributed by atoms with E-state index < -0.39 is 0 Å². The highest BCUT2D eigenvalue weighted by molar-refractivity contribution is 5.74. The van der Waals surface area contributed by atoms with Crippen LogP contribution in [0.4, 0.5) is 4.79 Å². The summed E-state index contributed by atoms with van der Waals surface area (Å²) in [6.07, 6.45) is 4.97. The van der Waals surface area contributed by atoms with Crippen LogP contribution in [0.25, 0.3) is 0 Å². The summed E-state index contributed by atoms with van der Waals surface area (Å²) >= 11 is 0. The van der Waals surface area contributed by atoms with Gasteiger partial charge in [-0.1, -0.05) is 13.8 Å². The third-order valence-electron chi connectivity index (χ3n) is 4.69. The third kappa shape index (κ3) is 4.35. The Kier molecular flexibility index (Phi) is 5.27. The summed E-state index contributed by atoms with van der Waals surface area (Å²) in [5, 5.41) is 3.08. The Hall–Kier alpha value is -0.810. The van der Waals surface area contributed by atoms with Gasteiger partial charge >= 0.3 is 6.03 Å². The van der Waals surface area contributed by atoms with Gasteiger partial charge in [0.15, 0.2) is 0 Å². The Labute approximate surface area is 122 Å². The zero-order valence-corrected chi connectivity index (χ0v) is 12.9. The molecule has 3 N–H and O–H groups in total. The number of hydrogen-bond donors (Lipinski definition) is 2. The van der Waals surface area contributed by atoms with Gasteiger partial charge < -0.3 is 20.7 Å². The molecule has 2 amide bonds. The standard InChI is InChI=1S/C15H29N3O2/c1-15(2)5-3-12(4-6-15)10-17-14(19)18-7-8-20-13(9-16)11-18/h12-13H,3-11,16H2,1-2H3,(H,17,19). The molecule has 1 unspecified atom stereocenters. The first-order chi connectivity index (χ1) is 9.50. The highest BCUT2D eigenvalue weighted by atomic mass is 16.5. The monoisotopic (exact) mass is 283 g/mol. The second-order valence-corrected chi connectivity index (χ2v) is 6.97. The summed E-state index contributed by atoms with van der Waals surface area (Å²) in [4.78, 5) is 14.0. The zero-order valence-electron chi connectivity index (χ0n) is 12.9. The fraction of sp³-hybridized carbons (Fsp3) is 0.933. The van der Waals surface area contributed by atoms with Crippen LogP contribution in [0.1, 0.15) is 39.5 Å². The minimum atomic E-state index is -0.00928. The lowest BCUT2D eigenvalue weighted by Crippen LogP contribution is -2.52. The van der Waals surface area contributed by atoms with E-state index >= 15 is 0 Å². The predicted octanol–water partition coefficient (Wildman–Crippen LogP) is 1.57. The van der Waals surface area contributed by atoms with Crippen LogP contribution in [0, 0.1) is 11.3 Å². The number of amides is 2. The van der Waals surface area contributed by atoms with Crippen molar-refractivity contribution in [2.45, 2.75) is 45.6 Å². The molecule has 1 aliphatic heterocycles. The first kappa shape index (κ1) is 15.6. The molecule has 1 atom stereocenters. The summed E-state index contributed by atoms with van der Waals surface area (Å²) < 4.78 is 5.48.